The molecule has 0 fully saturated rings. The van der Waals surface area contributed by atoms with Gasteiger partial charge in [-0.15, -0.1) is 0 Å². The van der Waals surface area contributed by atoms with E-state index in [4.69, 9.17) is 10.6 Å². The molecule has 100 valence electrons. The van der Waals surface area contributed by atoms with Gasteiger partial charge < -0.3 is 9.64 Å². The van der Waals surface area contributed by atoms with E-state index in [1.807, 2.05) is 6.07 Å². The Balaban J connectivity index is 2.45. The number of hydrogen-bond donors (Lipinski definition) is 2. The van der Waals surface area contributed by atoms with Crippen LogP contribution in [0.2, 0.25) is 0 Å². The first kappa shape index (κ1) is 14.5. The van der Waals surface area contributed by atoms with Crippen LogP contribution in [0.15, 0.2) is 24.3 Å². The Kier molecular flexibility index (Phi) is 6.18. The van der Waals surface area contributed by atoms with Gasteiger partial charge >= 0.3 is 0 Å². The average Bonchev–Trinajstić information content (AvgIpc) is 2.38. The van der Waals surface area contributed by atoms with Crippen molar-refractivity contribution in [1.82, 2.24) is 10.3 Å². The van der Waals surface area contributed by atoms with E-state index in [1.54, 1.807) is 18.2 Å². The lowest BCUT2D eigenvalue weighted by molar-refractivity contribution is 0.0953. The molecule has 5 heteroatoms. The number of nitrogens with two attached hydrogens (primary N) is 1. The maximum absolute atomic E-state index is 11.3. The quantitative estimate of drug-likeness (QED) is 0.431. The van der Waals surface area contributed by atoms with Crippen molar-refractivity contribution in [1.29, 1.82) is 0 Å². The van der Waals surface area contributed by atoms with Crippen LogP contribution in [0.4, 0.5) is 0 Å². The van der Waals surface area contributed by atoms with Gasteiger partial charge in [-0.25, -0.2) is 5.84 Å². The summed E-state index contributed by atoms with van der Waals surface area (Å²) in [5.74, 6) is 5.45. The van der Waals surface area contributed by atoms with Gasteiger partial charge in [0, 0.05) is 12.1 Å². The van der Waals surface area contributed by atoms with Gasteiger partial charge in [0.1, 0.15) is 12.4 Å². The van der Waals surface area contributed by atoms with Crippen molar-refractivity contribution >= 4 is 5.91 Å². The van der Waals surface area contributed by atoms with Gasteiger partial charge in [0.25, 0.3) is 5.91 Å². The molecule has 0 radical (unpaired) electrons. The van der Waals surface area contributed by atoms with Crippen LogP contribution >= 0.6 is 0 Å². The first-order chi connectivity index (χ1) is 8.67. The van der Waals surface area contributed by atoms with Crippen LogP contribution in [-0.2, 0) is 0 Å². The van der Waals surface area contributed by atoms with Crippen molar-refractivity contribution in [2.45, 2.75) is 13.3 Å². The van der Waals surface area contributed by atoms with Crippen LogP contribution in [0.5, 0.6) is 5.75 Å². The molecule has 0 heterocycles. The zero-order valence-corrected chi connectivity index (χ0v) is 11.0. The molecule has 0 atom stereocenters. The van der Waals surface area contributed by atoms with Crippen molar-refractivity contribution in [2.75, 3.05) is 26.7 Å². The van der Waals surface area contributed by atoms with Crippen molar-refractivity contribution < 1.29 is 9.53 Å². The molecule has 0 aliphatic heterocycles. The number of hydrazine groups is 1. The summed E-state index contributed by atoms with van der Waals surface area (Å²) in [5.41, 5.74) is 2.59. The SMILES string of the molecule is CCCN(C)CCOc1cccc(C(=O)NN)c1. The van der Waals surface area contributed by atoms with Gasteiger partial charge in [-0.1, -0.05) is 13.0 Å². The average molecular weight is 251 g/mol. The number of ether oxygens (including phenoxy) is 1. The molecule has 0 aliphatic carbocycles. The summed E-state index contributed by atoms with van der Waals surface area (Å²) >= 11 is 0. The molecule has 0 unspecified atom stereocenters. The number of nitrogens with zero attached hydrogens (tertiary/aromatic N) is 1. The summed E-state index contributed by atoms with van der Waals surface area (Å²) in [5, 5.41) is 0. The number of carbonyl (C=O) groups excluding carboxylic acids is 1. The molecule has 0 aromatic heterocycles. The summed E-state index contributed by atoms with van der Waals surface area (Å²) in [7, 11) is 2.06. The number of amides is 1. The Morgan fingerprint density at radius 1 is 1.44 bits per heavy atom. The second kappa shape index (κ2) is 7.68. The highest BCUT2D eigenvalue weighted by molar-refractivity contribution is 5.94. The van der Waals surface area contributed by atoms with E-state index in [1.165, 1.54) is 0 Å². The van der Waals surface area contributed by atoms with E-state index < -0.39 is 0 Å². The normalized spacial score (nSPS) is 10.4. The Hall–Kier alpha value is -1.59. The molecule has 1 rings (SSSR count). The fraction of sp³-hybridized carbons (Fsp3) is 0.462. The number of nitrogen functional groups attached to an aromatic ring is 1. The molecule has 1 amide bonds. The van der Waals surface area contributed by atoms with Crippen LogP contribution in [-0.4, -0.2) is 37.6 Å². The molecular formula is C13H21N3O2. The van der Waals surface area contributed by atoms with Gasteiger partial charge in [0.05, 0.1) is 0 Å². The minimum atomic E-state index is -0.316. The fourth-order valence-corrected chi connectivity index (χ4v) is 1.62. The van der Waals surface area contributed by atoms with E-state index in [0.29, 0.717) is 17.9 Å². The highest BCUT2D eigenvalue weighted by Crippen LogP contribution is 2.13. The molecular weight excluding hydrogens is 230 g/mol. The van der Waals surface area contributed by atoms with Gasteiger partial charge in [0.2, 0.25) is 0 Å². The van der Waals surface area contributed by atoms with E-state index in [0.717, 1.165) is 19.5 Å². The summed E-state index contributed by atoms with van der Waals surface area (Å²) < 4.78 is 5.60. The first-order valence-corrected chi connectivity index (χ1v) is 6.09. The minimum Gasteiger partial charge on any atom is -0.492 e. The van der Waals surface area contributed by atoms with Crippen molar-refractivity contribution in [3.8, 4) is 5.75 Å². The van der Waals surface area contributed by atoms with Crippen LogP contribution in [0.1, 0.15) is 23.7 Å². The number of benzene rings is 1. The van der Waals surface area contributed by atoms with Gasteiger partial charge in [-0.05, 0) is 38.2 Å². The van der Waals surface area contributed by atoms with Crippen LogP contribution in [0.25, 0.3) is 0 Å². The van der Waals surface area contributed by atoms with E-state index in [-0.39, 0.29) is 5.91 Å². The lowest BCUT2D eigenvalue weighted by Gasteiger charge is -2.15. The summed E-state index contributed by atoms with van der Waals surface area (Å²) in [4.78, 5) is 13.5. The second-order valence-electron chi connectivity index (χ2n) is 4.15. The molecule has 0 saturated carbocycles. The first-order valence-electron chi connectivity index (χ1n) is 6.09. The lowest BCUT2D eigenvalue weighted by atomic mass is 10.2. The number of likely N-dealkylation sites (N-methyl/N-ethyl adjacent to an activating group) is 1. The topological polar surface area (TPSA) is 67.6 Å². The van der Waals surface area contributed by atoms with E-state index >= 15 is 0 Å². The number of nitrogens with one attached hydrogen (secondary N) is 1. The summed E-state index contributed by atoms with van der Waals surface area (Å²) in [6, 6.07) is 6.98. The van der Waals surface area contributed by atoms with Crippen molar-refractivity contribution in [3.63, 3.8) is 0 Å². The second-order valence-corrected chi connectivity index (χ2v) is 4.15. The monoisotopic (exact) mass is 251 g/mol. The smallest absolute Gasteiger partial charge is 0.265 e. The van der Waals surface area contributed by atoms with Crippen LogP contribution in [0, 0.1) is 0 Å². The molecule has 18 heavy (non-hydrogen) atoms. The van der Waals surface area contributed by atoms with Crippen LogP contribution < -0.4 is 16.0 Å². The molecule has 1 aromatic rings. The molecule has 0 bridgehead atoms. The van der Waals surface area contributed by atoms with Crippen LogP contribution in [0.3, 0.4) is 0 Å². The largest absolute Gasteiger partial charge is 0.492 e. The fourth-order valence-electron chi connectivity index (χ4n) is 1.62. The van der Waals surface area contributed by atoms with Gasteiger partial charge in [0.15, 0.2) is 0 Å². The zero-order valence-electron chi connectivity index (χ0n) is 11.0. The van der Waals surface area contributed by atoms with Crippen molar-refractivity contribution in [3.05, 3.63) is 29.8 Å². The van der Waals surface area contributed by atoms with Gasteiger partial charge in [-0.3, -0.25) is 10.2 Å². The number of rotatable bonds is 7. The van der Waals surface area contributed by atoms with E-state index in [2.05, 4.69) is 24.3 Å². The molecule has 0 aliphatic rings. The predicted molar refractivity (Wildman–Crippen MR) is 71.4 cm³/mol. The standard InChI is InChI=1S/C13H21N3O2/c1-3-7-16(2)8-9-18-12-6-4-5-11(10-12)13(17)15-14/h4-6,10H,3,7-9,14H2,1-2H3,(H,15,17). The number of hydrogen-bond acceptors (Lipinski definition) is 4. The lowest BCUT2D eigenvalue weighted by Crippen LogP contribution is -2.30. The van der Waals surface area contributed by atoms with E-state index in [9.17, 15) is 4.79 Å². The molecule has 0 saturated heterocycles. The Bertz CT molecular complexity index is 382. The highest BCUT2D eigenvalue weighted by atomic mass is 16.5. The Morgan fingerprint density at radius 2 is 2.22 bits per heavy atom. The molecule has 1 aromatic carbocycles. The highest BCUT2D eigenvalue weighted by Gasteiger charge is 2.04. The maximum Gasteiger partial charge on any atom is 0.265 e. The number of carbonyl (C=O) groups is 1. The van der Waals surface area contributed by atoms with Crippen molar-refractivity contribution in [2.24, 2.45) is 5.84 Å². The minimum absolute atomic E-state index is 0.316. The maximum atomic E-state index is 11.3. The predicted octanol–water partition coefficient (Wildman–Crippen LogP) is 1.01. The van der Waals surface area contributed by atoms with Gasteiger partial charge in [-0.2, -0.15) is 0 Å². The third-order valence-corrected chi connectivity index (χ3v) is 2.57. The third-order valence-electron chi connectivity index (χ3n) is 2.57. The molecule has 5 nitrogen and oxygen atoms in total. The third kappa shape index (κ3) is 4.73. The Morgan fingerprint density at radius 3 is 2.89 bits per heavy atom. The molecule has 3 N–H and O–H groups in total. The Labute approximate surface area is 108 Å². The zero-order chi connectivity index (χ0) is 13.4. The summed E-state index contributed by atoms with van der Waals surface area (Å²) in [6.07, 6.45) is 1.13. The summed E-state index contributed by atoms with van der Waals surface area (Å²) in [6.45, 7) is 4.66. The molecule has 0 spiro atoms.